The molecule has 0 saturated heterocycles. The molecule has 1 atom stereocenters. The zero-order valence-electron chi connectivity index (χ0n) is 14.5. The molecule has 0 spiro atoms. The van der Waals surface area contributed by atoms with Gasteiger partial charge < -0.3 is 19.9 Å². The van der Waals surface area contributed by atoms with Crippen molar-refractivity contribution < 1.29 is 24.2 Å². The second kappa shape index (κ2) is 7.04. The van der Waals surface area contributed by atoms with Gasteiger partial charge in [-0.3, -0.25) is 0 Å². The zero-order chi connectivity index (χ0) is 17.9. The van der Waals surface area contributed by atoms with Crippen LogP contribution in [-0.4, -0.2) is 36.9 Å². The third-order valence-corrected chi connectivity index (χ3v) is 5.57. The summed E-state index contributed by atoms with van der Waals surface area (Å²) in [5, 5.41) is 12.1. The highest BCUT2D eigenvalue weighted by atomic mass is 16.5. The molecule has 1 aromatic rings. The molecule has 3 aliphatic carbocycles. The molecule has 0 aliphatic heterocycles. The van der Waals surface area contributed by atoms with Gasteiger partial charge >= 0.3 is 12.1 Å². The van der Waals surface area contributed by atoms with Crippen LogP contribution in [0.5, 0.6) is 0 Å². The fraction of sp³-hybridized carbons (Fsp3) is 0.579. The van der Waals surface area contributed by atoms with E-state index in [4.69, 9.17) is 9.47 Å². The van der Waals surface area contributed by atoms with Gasteiger partial charge in [-0.2, -0.15) is 0 Å². The zero-order valence-corrected chi connectivity index (χ0v) is 14.5. The minimum Gasteiger partial charge on any atom is -0.480 e. The minimum absolute atomic E-state index is 0.132. The summed E-state index contributed by atoms with van der Waals surface area (Å²) < 4.78 is 10.2. The average Bonchev–Trinajstić information content (AvgIpc) is 2.53. The lowest BCUT2D eigenvalue weighted by Gasteiger charge is -2.72. The lowest BCUT2D eigenvalue weighted by molar-refractivity contribution is -0.228. The number of carbonyl (C=O) groups is 2. The van der Waals surface area contributed by atoms with Crippen LogP contribution >= 0.6 is 0 Å². The molecule has 0 heterocycles. The maximum absolute atomic E-state index is 12.0. The highest BCUT2D eigenvalue weighted by molar-refractivity contribution is 5.81. The number of nitrogens with one attached hydrogen (secondary N) is 1. The van der Waals surface area contributed by atoms with Crippen molar-refractivity contribution >= 4 is 12.1 Å². The van der Waals surface area contributed by atoms with E-state index in [0.29, 0.717) is 0 Å². The van der Waals surface area contributed by atoms with Gasteiger partial charge in [-0.15, -0.1) is 0 Å². The van der Waals surface area contributed by atoms with Crippen molar-refractivity contribution in [1.29, 1.82) is 0 Å². The fourth-order valence-corrected chi connectivity index (χ4v) is 4.61. The number of rotatable bonds is 9. The van der Waals surface area contributed by atoms with E-state index in [-0.39, 0.29) is 17.4 Å². The molecular formula is C19H25NO5. The Kier molecular flexibility index (Phi) is 4.99. The predicted molar refractivity (Wildman–Crippen MR) is 91.0 cm³/mol. The van der Waals surface area contributed by atoms with Crippen LogP contribution in [0.4, 0.5) is 4.79 Å². The Bertz CT molecular complexity index is 610. The Morgan fingerprint density at radius 2 is 1.92 bits per heavy atom. The molecule has 0 radical (unpaired) electrons. The van der Waals surface area contributed by atoms with Gasteiger partial charge in [0.15, 0.2) is 0 Å². The largest absolute Gasteiger partial charge is 0.480 e. The van der Waals surface area contributed by atoms with Gasteiger partial charge in [-0.1, -0.05) is 30.3 Å². The summed E-state index contributed by atoms with van der Waals surface area (Å²) in [6.45, 7) is 0.869. The number of carbonyl (C=O) groups excluding carboxylic acids is 1. The van der Waals surface area contributed by atoms with Crippen LogP contribution in [0.3, 0.4) is 0 Å². The van der Waals surface area contributed by atoms with Crippen molar-refractivity contribution in [3.63, 3.8) is 0 Å². The van der Waals surface area contributed by atoms with Crippen LogP contribution in [0.15, 0.2) is 30.3 Å². The number of amides is 1. The summed E-state index contributed by atoms with van der Waals surface area (Å²) in [5.41, 5.74) is 0.833. The van der Waals surface area contributed by atoms with E-state index in [9.17, 15) is 14.7 Å². The summed E-state index contributed by atoms with van der Waals surface area (Å²) in [6, 6.07) is 8.44. The molecule has 25 heavy (non-hydrogen) atoms. The number of carboxylic acid groups (broad SMARTS) is 1. The maximum Gasteiger partial charge on any atom is 0.408 e. The Labute approximate surface area is 147 Å². The van der Waals surface area contributed by atoms with E-state index in [1.807, 2.05) is 30.3 Å². The van der Waals surface area contributed by atoms with Gasteiger partial charge in [-0.05, 0) is 43.1 Å². The molecule has 6 heteroatoms. The predicted octanol–water partition coefficient (Wildman–Crippen LogP) is 2.96. The van der Waals surface area contributed by atoms with Crippen molar-refractivity contribution in [1.82, 2.24) is 5.32 Å². The molecule has 1 aromatic carbocycles. The fourth-order valence-electron chi connectivity index (χ4n) is 4.61. The van der Waals surface area contributed by atoms with E-state index in [1.54, 1.807) is 7.11 Å². The van der Waals surface area contributed by atoms with Gasteiger partial charge in [0.1, 0.15) is 12.6 Å². The lowest BCUT2D eigenvalue weighted by atomic mass is 9.32. The third kappa shape index (κ3) is 3.63. The molecule has 136 valence electrons. The van der Waals surface area contributed by atoms with Crippen LogP contribution in [0.2, 0.25) is 0 Å². The molecule has 6 nitrogen and oxygen atoms in total. The summed E-state index contributed by atoms with van der Waals surface area (Å²) in [7, 11) is 1.69. The van der Waals surface area contributed by atoms with E-state index >= 15 is 0 Å². The number of benzene rings is 1. The number of aliphatic carboxylic acids is 1. The van der Waals surface area contributed by atoms with Crippen molar-refractivity contribution in [3.05, 3.63) is 35.9 Å². The lowest BCUT2D eigenvalue weighted by Crippen LogP contribution is -2.71. The first-order valence-corrected chi connectivity index (χ1v) is 8.68. The van der Waals surface area contributed by atoms with Crippen LogP contribution < -0.4 is 5.32 Å². The van der Waals surface area contributed by atoms with Gasteiger partial charge in [0.25, 0.3) is 0 Å². The molecular weight excluding hydrogens is 322 g/mol. The standard InChI is InChI=1S/C19H25NO5/c1-24-9-5-8-18-11-19(12-18,13-18)15(16(21)22)20-17(23)25-10-14-6-3-2-4-7-14/h2-4,6-7,15H,5,8-13H2,1H3,(H,20,23)(H,21,22). The summed E-state index contributed by atoms with van der Waals surface area (Å²) in [5.74, 6) is -0.984. The molecule has 3 fully saturated rings. The molecule has 2 N–H and O–H groups in total. The van der Waals surface area contributed by atoms with Crippen molar-refractivity contribution in [2.75, 3.05) is 13.7 Å². The number of carboxylic acids is 1. The molecule has 1 amide bonds. The second-order valence-corrected chi connectivity index (χ2v) is 7.47. The third-order valence-electron chi connectivity index (χ3n) is 5.57. The van der Waals surface area contributed by atoms with E-state index < -0.39 is 18.1 Å². The average molecular weight is 347 g/mol. The maximum atomic E-state index is 12.0. The number of hydrogen-bond donors (Lipinski definition) is 2. The SMILES string of the molecule is COCCCC12CC(C(NC(=O)OCc3ccccc3)C(=O)O)(C1)C2. The molecule has 1 unspecified atom stereocenters. The number of alkyl carbamates (subject to hydrolysis) is 1. The number of methoxy groups -OCH3 is 1. The van der Waals surface area contributed by atoms with Crippen LogP contribution in [0.25, 0.3) is 0 Å². The topological polar surface area (TPSA) is 84.9 Å². The smallest absolute Gasteiger partial charge is 0.408 e. The summed E-state index contributed by atoms with van der Waals surface area (Å²) >= 11 is 0. The normalized spacial score (nSPS) is 27.6. The Morgan fingerprint density at radius 1 is 1.24 bits per heavy atom. The monoisotopic (exact) mass is 347 g/mol. The van der Waals surface area contributed by atoms with Crippen LogP contribution in [0.1, 0.15) is 37.7 Å². The van der Waals surface area contributed by atoms with E-state index in [0.717, 1.165) is 44.3 Å². The first kappa shape index (κ1) is 17.7. The van der Waals surface area contributed by atoms with E-state index in [1.165, 1.54) is 0 Å². The molecule has 3 saturated carbocycles. The van der Waals surface area contributed by atoms with Gasteiger partial charge in [-0.25, -0.2) is 9.59 Å². The highest BCUT2D eigenvalue weighted by Crippen LogP contribution is 2.76. The number of hydrogen-bond acceptors (Lipinski definition) is 4. The molecule has 3 aliphatic rings. The second-order valence-electron chi connectivity index (χ2n) is 7.47. The van der Waals surface area contributed by atoms with Crippen molar-refractivity contribution in [2.45, 2.75) is 44.8 Å². The van der Waals surface area contributed by atoms with Crippen molar-refractivity contribution in [2.24, 2.45) is 10.8 Å². The molecule has 0 aromatic heterocycles. The van der Waals surface area contributed by atoms with Gasteiger partial charge in [0.05, 0.1) is 0 Å². The van der Waals surface area contributed by atoms with Gasteiger partial charge in [0, 0.05) is 19.1 Å². The van der Waals surface area contributed by atoms with Crippen molar-refractivity contribution in [3.8, 4) is 0 Å². The summed E-state index contributed by atoms with van der Waals surface area (Å²) in [4.78, 5) is 23.7. The Hall–Kier alpha value is -2.08. The summed E-state index contributed by atoms with van der Waals surface area (Å²) in [6.07, 6.45) is 3.97. The van der Waals surface area contributed by atoms with Gasteiger partial charge in [0.2, 0.25) is 0 Å². The van der Waals surface area contributed by atoms with Crippen LogP contribution in [0, 0.1) is 10.8 Å². The highest BCUT2D eigenvalue weighted by Gasteiger charge is 2.71. The van der Waals surface area contributed by atoms with E-state index in [2.05, 4.69) is 5.32 Å². The van der Waals surface area contributed by atoms with Crippen LogP contribution in [-0.2, 0) is 20.9 Å². The molecule has 2 bridgehead atoms. The molecule has 4 rings (SSSR count). The Morgan fingerprint density at radius 3 is 2.52 bits per heavy atom. The minimum atomic E-state index is -0.984. The first-order chi connectivity index (χ1) is 12.0. The first-order valence-electron chi connectivity index (χ1n) is 8.68. The Balaban J connectivity index is 1.48. The quantitative estimate of drug-likeness (QED) is 0.671. The number of ether oxygens (including phenoxy) is 2.